The van der Waals surface area contributed by atoms with E-state index in [2.05, 4.69) is 10.3 Å². The smallest absolute Gasteiger partial charge is 0.163 e. The quantitative estimate of drug-likeness (QED) is 0.795. The first-order chi connectivity index (χ1) is 11.5. The zero-order valence-corrected chi connectivity index (χ0v) is 13.8. The molecule has 2 aromatic rings. The number of nitrogens with one attached hydrogen (secondary N) is 1. The third-order valence-electron chi connectivity index (χ3n) is 3.90. The van der Waals surface area contributed by atoms with Crippen LogP contribution < -0.4 is 10.1 Å². The molecule has 2 heterocycles. The largest absolute Gasteiger partial charge is 0.482 e. The Morgan fingerprint density at radius 2 is 1.83 bits per heavy atom. The number of hydrogen-bond donors (Lipinski definition) is 1. The minimum Gasteiger partial charge on any atom is -0.482 e. The molecule has 8 heteroatoms. The second-order valence-corrected chi connectivity index (χ2v) is 6.28. The normalized spacial score (nSPS) is 18.6. The molecule has 0 bridgehead atoms. The number of benzene rings is 1. The molecule has 0 radical (unpaired) electrons. The summed E-state index contributed by atoms with van der Waals surface area (Å²) in [4.78, 5) is 3.81. The maximum atomic E-state index is 13.7. The van der Waals surface area contributed by atoms with Gasteiger partial charge in [-0.3, -0.25) is 4.98 Å². The van der Waals surface area contributed by atoms with Crippen molar-refractivity contribution in [3.63, 3.8) is 0 Å². The van der Waals surface area contributed by atoms with E-state index in [9.17, 15) is 13.2 Å². The van der Waals surface area contributed by atoms with E-state index < -0.39 is 33.6 Å². The first-order valence-electron chi connectivity index (χ1n) is 7.28. The molecule has 3 nitrogen and oxygen atoms in total. The fraction of sp³-hybridized carbons (Fsp3) is 0.312. The van der Waals surface area contributed by atoms with Crippen LogP contribution in [0.2, 0.25) is 10.0 Å². The molecule has 1 aromatic carbocycles. The number of pyridine rings is 1. The molecule has 128 valence electrons. The van der Waals surface area contributed by atoms with Crippen LogP contribution in [0, 0.1) is 23.4 Å². The van der Waals surface area contributed by atoms with E-state index >= 15 is 0 Å². The average Bonchev–Trinajstić information content (AvgIpc) is 3.07. The summed E-state index contributed by atoms with van der Waals surface area (Å²) in [5.41, 5.74) is 0.445. The summed E-state index contributed by atoms with van der Waals surface area (Å²) in [6.45, 7) is 1.36. The van der Waals surface area contributed by atoms with Gasteiger partial charge in [-0.05, 0) is 19.0 Å². The number of ether oxygens (including phenoxy) is 1. The summed E-state index contributed by atoms with van der Waals surface area (Å²) in [6.07, 6.45) is 2.56. The summed E-state index contributed by atoms with van der Waals surface area (Å²) in [5.74, 6) is -2.83. The predicted octanol–water partition coefficient (Wildman–Crippen LogP) is 4.54. The topological polar surface area (TPSA) is 34.1 Å². The Labute approximate surface area is 146 Å². The van der Waals surface area contributed by atoms with Gasteiger partial charge in [-0.25, -0.2) is 13.2 Å². The summed E-state index contributed by atoms with van der Waals surface area (Å²) < 4.78 is 46.7. The lowest BCUT2D eigenvalue weighted by Crippen LogP contribution is -2.22. The fourth-order valence-electron chi connectivity index (χ4n) is 2.74. The first-order valence-corrected chi connectivity index (χ1v) is 8.03. The first kappa shape index (κ1) is 17.3. The Morgan fingerprint density at radius 3 is 2.42 bits per heavy atom. The zero-order chi connectivity index (χ0) is 17.3. The van der Waals surface area contributed by atoms with Gasteiger partial charge < -0.3 is 10.1 Å². The van der Waals surface area contributed by atoms with Gasteiger partial charge in [0.25, 0.3) is 0 Å². The maximum Gasteiger partial charge on any atom is 0.163 e. The van der Waals surface area contributed by atoms with Gasteiger partial charge in [-0.2, -0.15) is 0 Å². The van der Waals surface area contributed by atoms with E-state index in [1.54, 1.807) is 0 Å². The van der Waals surface area contributed by atoms with Crippen LogP contribution in [0.25, 0.3) is 0 Å². The molecule has 3 rings (SSSR count). The summed E-state index contributed by atoms with van der Waals surface area (Å²) in [5, 5.41) is 2.34. The molecule has 1 fully saturated rings. The monoisotopic (exact) mass is 376 g/mol. The predicted molar refractivity (Wildman–Crippen MR) is 84.9 cm³/mol. The van der Waals surface area contributed by atoms with Crippen molar-refractivity contribution < 1.29 is 17.9 Å². The number of halogens is 5. The van der Waals surface area contributed by atoms with Crippen molar-refractivity contribution in [2.75, 3.05) is 13.1 Å². The molecular weight excluding hydrogens is 364 g/mol. The molecule has 1 N–H and O–H groups in total. The standard InChI is InChI=1S/C16H13Cl2F3N2O/c17-13-11(20)4-12(21)14(18)16(13)24-15(8-1-2-22-5-8)9-3-10(19)7-23-6-9/h3-4,6-8,15,22H,1-2,5H2/t8-,15?/m0/s1. The van der Waals surface area contributed by atoms with Crippen molar-refractivity contribution in [3.05, 3.63) is 57.6 Å². The lowest BCUT2D eigenvalue weighted by molar-refractivity contribution is 0.143. The summed E-state index contributed by atoms with van der Waals surface area (Å²) in [6, 6.07) is 1.86. The number of rotatable bonds is 4. The number of hydrogen-bond acceptors (Lipinski definition) is 3. The van der Waals surface area contributed by atoms with Crippen molar-refractivity contribution in [2.45, 2.75) is 12.5 Å². The van der Waals surface area contributed by atoms with Gasteiger partial charge in [0.1, 0.15) is 33.6 Å². The van der Waals surface area contributed by atoms with Gasteiger partial charge >= 0.3 is 0 Å². The summed E-state index contributed by atoms with van der Waals surface area (Å²) in [7, 11) is 0. The van der Waals surface area contributed by atoms with Gasteiger partial charge in [-0.1, -0.05) is 23.2 Å². The summed E-state index contributed by atoms with van der Waals surface area (Å²) >= 11 is 11.8. The van der Waals surface area contributed by atoms with Crippen LogP contribution in [-0.2, 0) is 0 Å². The lowest BCUT2D eigenvalue weighted by atomic mass is 9.96. The third-order valence-corrected chi connectivity index (χ3v) is 4.60. The highest BCUT2D eigenvalue weighted by Gasteiger charge is 2.31. The molecule has 1 aromatic heterocycles. The average molecular weight is 377 g/mol. The Kier molecular flexibility index (Phi) is 5.18. The molecule has 1 saturated heterocycles. The van der Waals surface area contributed by atoms with Crippen LogP contribution in [0.15, 0.2) is 24.5 Å². The van der Waals surface area contributed by atoms with E-state index in [1.165, 1.54) is 12.3 Å². The molecule has 0 saturated carbocycles. The van der Waals surface area contributed by atoms with Crippen molar-refractivity contribution >= 4 is 23.2 Å². The molecule has 1 aliphatic heterocycles. The van der Waals surface area contributed by atoms with Crippen LogP contribution in [0.1, 0.15) is 18.1 Å². The van der Waals surface area contributed by atoms with Gasteiger partial charge in [0.2, 0.25) is 0 Å². The van der Waals surface area contributed by atoms with E-state index in [4.69, 9.17) is 27.9 Å². The lowest BCUT2D eigenvalue weighted by Gasteiger charge is -2.25. The van der Waals surface area contributed by atoms with Gasteiger partial charge in [-0.15, -0.1) is 0 Å². The van der Waals surface area contributed by atoms with Gasteiger partial charge in [0.05, 0.1) is 6.20 Å². The molecular formula is C16H13Cl2F3N2O. The van der Waals surface area contributed by atoms with Crippen molar-refractivity contribution in [1.82, 2.24) is 10.3 Å². The molecule has 0 spiro atoms. The molecule has 2 atom stereocenters. The van der Waals surface area contributed by atoms with Crippen LogP contribution in [0.3, 0.4) is 0 Å². The second-order valence-electron chi connectivity index (χ2n) is 5.53. The van der Waals surface area contributed by atoms with E-state index in [-0.39, 0.29) is 11.7 Å². The van der Waals surface area contributed by atoms with Gasteiger partial charge in [0.15, 0.2) is 5.75 Å². The van der Waals surface area contributed by atoms with Crippen LogP contribution in [-0.4, -0.2) is 18.1 Å². The van der Waals surface area contributed by atoms with Crippen LogP contribution >= 0.6 is 23.2 Å². The van der Waals surface area contributed by atoms with Gasteiger partial charge in [0, 0.05) is 30.3 Å². The Morgan fingerprint density at radius 1 is 1.12 bits per heavy atom. The minimum atomic E-state index is -0.978. The molecule has 0 amide bonds. The maximum absolute atomic E-state index is 13.7. The third kappa shape index (κ3) is 3.45. The highest BCUT2D eigenvalue weighted by Crippen LogP contribution is 2.41. The van der Waals surface area contributed by atoms with Crippen molar-refractivity contribution in [1.29, 1.82) is 0 Å². The highest BCUT2D eigenvalue weighted by atomic mass is 35.5. The number of aromatic nitrogens is 1. The van der Waals surface area contributed by atoms with E-state index in [0.29, 0.717) is 18.2 Å². The Balaban J connectivity index is 2.02. The Bertz CT molecular complexity index is 728. The minimum absolute atomic E-state index is 0.0490. The second kappa shape index (κ2) is 7.17. The Hall–Kier alpha value is -1.50. The van der Waals surface area contributed by atoms with E-state index in [0.717, 1.165) is 19.2 Å². The van der Waals surface area contributed by atoms with E-state index in [1.807, 2.05) is 0 Å². The van der Waals surface area contributed by atoms with Crippen molar-refractivity contribution in [2.24, 2.45) is 5.92 Å². The van der Waals surface area contributed by atoms with Crippen LogP contribution in [0.5, 0.6) is 5.75 Å². The molecule has 1 aliphatic rings. The highest BCUT2D eigenvalue weighted by molar-refractivity contribution is 6.37. The fourth-order valence-corrected chi connectivity index (χ4v) is 3.17. The van der Waals surface area contributed by atoms with Crippen molar-refractivity contribution in [3.8, 4) is 5.75 Å². The van der Waals surface area contributed by atoms with Crippen LogP contribution in [0.4, 0.5) is 13.2 Å². The molecule has 1 unspecified atom stereocenters. The molecule has 24 heavy (non-hydrogen) atoms. The number of nitrogens with zero attached hydrogens (tertiary/aromatic N) is 1. The molecule has 0 aliphatic carbocycles. The zero-order valence-electron chi connectivity index (χ0n) is 12.3. The SMILES string of the molecule is Fc1cncc(C(Oc2c(Cl)c(F)cc(F)c2Cl)[C@H]2CCNC2)c1.